The van der Waals surface area contributed by atoms with E-state index in [1.54, 1.807) is 49.3 Å². The summed E-state index contributed by atoms with van der Waals surface area (Å²) in [5.74, 6) is 0.317. The van der Waals surface area contributed by atoms with Gasteiger partial charge in [-0.25, -0.2) is 9.97 Å². The summed E-state index contributed by atoms with van der Waals surface area (Å²) in [5.41, 5.74) is 3.19. The maximum Gasteiger partial charge on any atom is 0.251 e. The van der Waals surface area contributed by atoms with Crippen molar-refractivity contribution in [3.05, 3.63) is 77.3 Å². The van der Waals surface area contributed by atoms with E-state index in [1.807, 2.05) is 31.2 Å². The number of benzene rings is 2. The minimum absolute atomic E-state index is 0.142. The van der Waals surface area contributed by atoms with Gasteiger partial charge in [0, 0.05) is 36.8 Å². The standard InChI is InChI=1S/C22H22N4O2/c1-15-18-6-4-5-7-19(18)25-20(24-15)14-26(3)21(27)13-10-16-8-11-17(12-9-16)22(28)23-2/h4-13H,14H2,1-3H3,(H,23,28)/b13-10+. The maximum absolute atomic E-state index is 12.4. The fourth-order valence-electron chi connectivity index (χ4n) is 2.84. The lowest BCUT2D eigenvalue weighted by atomic mass is 10.1. The average molecular weight is 374 g/mol. The Bertz CT molecular complexity index is 1040. The predicted octanol–water partition coefficient (Wildman–Crippen LogP) is 2.97. The maximum atomic E-state index is 12.4. The molecule has 0 unspecified atom stereocenters. The van der Waals surface area contributed by atoms with Gasteiger partial charge in [0.2, 0.25) is 5.91 Å². The Morgan fingerprint density at radius 2 is 1.79 bits per heavy atom. The summed E-state index contributed by atoms with van der Waals surface area (Å²) in [5, 5.41) is 3.59. The second-order valence-corrected chi connectivity index (χ2v) is 6.47. The van der Waals surface area contributed by atoms with Crippen LogP contribution in [0, 0.1) is 6.92 Å². The van der Waals surface area contributed by atoms with Crippen molar-refractivity contribution in [2.45, 2.75) is 13.5 Å². The molecule has 0 aliphatic heterocycles. The smallest absolute Gasteiger partial charge is 0.251 e. The number of nitrogens with zero attached hydrogens (tertiary/aromatic N) is 3. The molecular weight excluding hydrogens is 352 g/mol. The molecule has 3 aromatic rings. The van der Waals surface area contributed by atoms with E-state index in [9.17, 15) is 9.59 Å². The number of amides is 2. The molecule has 0 atom stereocenters. The van der Waals surface area contributed by atoms with Crippen LogP contribution in [-0.2, 0) is 11.3 Å². The Hall–Kier alpha value is -3.54. The van der Waals surface area contributed by atoms with Gasteiger partial charge in [0.05, 0.1) is 12.1 Å². The monoisotopic (exact) mass is 374 g/mol. The van der Waals surface area contributed by atoms with Crippen molar-refractivity contribution in [3.63, 3.8) is 0 Å². The highest BCUT2D eigenvalue weighted by atomic mass is 16.2. The highest BCUT2D eigenvalue weighted by Crippen LogP contribution is 2.15. The topological polar surface area (TPSA) is 75.2 Å². The van der Waals surface area contributed by atoms with Gasteiger partial charge in [0.25, 0.3) is 5.91 Å². The van der Waals surface area contributed by atoms with Crippen molar-refractivity contribution >= 4 is 28.8 Å². The van der Waals surface area contributed by atoms with E-state index < -0.39 is 0 Å². The zero-order valence-corrected chi connectivity index (χ0v) is 16.1. The van der Waals surface area contributed by atoms with Gasteiger partial charge in [-0.3, -0.25) is 9.59 Å². The van der Waals surface area contributed by atoms with Gasteiger partial charge in [-0.2, -0.15) is 0 Å². The van der Waals surface area contributed by atoms with E-state index in [1.165, 1.54) is 6.08 Å². The fourth-order valence-corrected chi connectivity index (χ4v) is 2.84. The quantitative estimate of drug-likeness (QED) is 0.697. The number of aromatic nitrogens is 2. The SMILES string of the molecule is CNC(=O)c1ccc(/C=C/C(=O)N(C)Cc2nc(C)c3ccccc3n2)cc1. The summed E-state index contributed by atoms with van der Waals surface area (Å²) in [6.07, 6.45) is 3.22. The molecule has 1 heterocycles. The van der Waals surface area contributed by atoms with Gasteiger partial charge in [0.1, 0.15) is 5.82 Å². The Labute approximate surface area is 163 Å². The van der Waals surface area contributed by atoms with Crippen LogP contribution in [-0.4, -0.2) is 40.8 Å². The van der Waals surface area contributed by atoms with E-state index in [4.69, 9.17) is 0 Å². The third-order valence-electron chi connectivity index (χ3n) is 4.41. The van der Waals surface area contributed by atoms with Crippen LogP contribution >= 0.6 is 0 Å². The first-order valence-corrected chi connectivity index (χ1v) is 8.95. The summed E-state index contributed by atoms with van der Waals surface area (Å²) >= 11 is 0. The Kier molecular flexibility index (Phi) is 5.79. The summed E-state index contributed by atoms with van der Waals surface area (Å²) in [6.45, 7) is 2.27. The molecule has 6 heteroatoms. The summed E-state index contributed by atoms with van der Waals surface area (Å²) in [7, 11) is 3.31. The van der Waals surface area contributed by atoms with Gasteiger partial charge in [-0.15, -0.1) is 0 Å². The minimum atomic E-state index is -0.148. The lowest BCUT2D eigenvalue weighted by molar-refractivity contribution is -0.125. The van der Waals surface area contributed by atoms with Crippen LogP contribution < -0.4 is 5.32 Å². The molecule has 0 saturated heterocycles. The lowest BCUT2D eigenvalue weighted by Crippen LogP contribution is -2.25. The van der Waals surface area contributed by atoms with Gasteiger partial charge in [0.15, 0.2) is 0 Å². The molecule has 142 valence electrons. The molecular formula is C22H22N4O2. The first-order chi connectivity index (χ1) is 13.5. The third-order valence-corrected chi connectivity index (χ3v) is 4.41. The molecule has 0 saturated carbocycles. The Balaban J connectivity index is 1.67. The highest BCUT2D eigenvalue weighted by molar-refractivity contribution is 5.94. The van der Waals surface area contributed by atoms with Crippen molar-refractivity contribution in [1.29, 1.82) is 0 Å². The Morgan fingerprint density at radius 1 is 1.07 bits per heavy atom. The van der Waals surface area contributed by atoms with Crippen molar-refractivity contribution in [3.8, 4) is 0 Å². The van der Waals surface area contributed by atoms with E-state index >= 15 is 0 Å². The van der Waals surface area contributed by atoms with Crippen LogP contribution in [0.4, 0.5) is 0 Å². The van der Waals surface area contributed by atoms with Crippen LogP contribution in [0.2, 0.25) is 0 Å². The molecule has 0 fully saturated rings. The van der Waals surface area contributed by atoms with Gasteiger partial charge < -0.3 is 10.2 Å². The predicted molar refractivity (Wildman–Crippen MR) is 110 cm³/mol. The molecule has 1 N–H and O–H groups in total. The summed E-state index contributed by atoms with van der Waals surface area (Å²) < 4.78 is 0. The summed E-state index contributed by atoms with van der Waals surface area (Å²) in [4.78, 5) is 34.6. The van der Waals surface area contributed by atoms with Crippen LogP contribution in [0.5, 0.6) is 0 Å². The van der Waals surface area contributed by atoms with Gasteiger partial charge in [-0.1, -0.05) is 30.3 Å². The molecule has 0 aliphatic rings. The number of likely N-dealkylation sites (N-methyl/N-ethyl adjacent to an activating group) is 1. The van der Waals surface area contributed by atoms with E-state index in [0.29, 0.717) is 17.9 Å². The summed E-state index contributed by atoms with van der Waals surface area (Å²) in [6, 6.07) is 14.9. The molecule has 0 spiro atoms. The zero-order chi connectivity index (χ0) is 20.1. The number of para-hydroxylation sites is 1. The number of carbonyl (C=O) groups is 2. The lowest BCUT2D eigenvalue weighted by Gasteiger charge is -2.15. The van der Waals surface area contributed by atoms with E-state index in [0.717, 1.165) is 22.2 Å². The van der Waals surface area contributed by atoms with Crippen LogP contribution in [0.15, 0.2) is 54.6 Å². The number of hydrogen-bond acceptors (Lipinski definition) is 4. The number of aryl methyl sites for hydroxylation is 1. The third kappa shape index (κ3) is 4.40. The average Bonchev–Trinajstić information content (AvgIpc) is 2.71. The molecule has 3 rings (SSSR count). The second kappa shape index (κ2) is 8.43. The molecule has 28 heavy (non-hydrogen) atoms. The number of hydrogen-bond donors (Lipinski definition) is 1. The molecule has 0 bridgehead atoms. The first kappa shape index (κ1) is 19.2. The number of rotatable bonds is 5. The normalized spacial score (nSPS) is 11.0. The zero-order valence-electron chi connectivity index (χ0n) is 16.1. The number of fused-ring (bicyclic) bond motifs is 1. The largest absolute Gasteiger partial charge is 0.355 e. The van der Waals surface area contributed by atoms with Crippen molar-refractivity contribution in [2.75, 3.05) is 14.1 Å². The van der Waals surface area contributed by atoms with Crippen LogP contribution in [0.3, 0.4) is 0 Å². The molecule has 0 aliphatic carbocycles. The van der Waals surface area contributed by atoms with Crippen LogP contribution in [0.25, 0.3) is 17.0 Å². The van der Waals surface area contributed by atoms with E-state index in [2.05, 4.69) is 15.3 Å². The molecule has 0 radical (unpaired) electrons. The Morgan fingerprint density at radius 3 is 2.50 bits per heavy atom. The van der Waals surface area contributed by atoms with Crippen molar-refractivity contribution in [1.82, 2.24) is 20.2 Å². The highest BCUT2D eigenvalue weighted by Gasteiger charge is 2.10. The van der Waals surface area contributed by atoms with Gasteiger partial charge >= 0.3 is 0 Å². The molecule has 6 nitrogen and oxygen atoms in total. The van der Waals surface area contributed by atoms with Crippen LogP contribution in [0.1, 0.15) is 27.4 Å². The first-order valence-electron chi connectivity index (χ1n) is 8.95. The van der Waals surface area contributed by atoms with Gasteiger partial charge in [-0.05, 0) is 36.8 Å². The van der Waals surface area contributed by atoms with E-state index in [-0.39, 0.29) is 11.8 Å². The molecule has 2 amide bonds. The number of nitrogens with one attached hydrogen (secondary N) is 1. The molecule has 1 aromatic heterocycles. The second-order valence-electron chi connectivity index (χ2n) is 6.47. The minimum Gasteiger partial charge on any atom is -0.355 e. The van der Waals surface area contributed by atoms with Crippen molar-refractivity contribution < 1.29 is 9.59 Å². The van der Waals surface area contributed by atoms with Crippen molar-refractivity contribution in [2.24, 2.45) is 0 Å². The fraction of sp³-hybridized carbons (Fsp3) is 0.182. The molecule has 2 aromatic carbocycles. The number of carbonyl (C=O) groups excluding carboxylic acids is 2.